The van der Waals surface area contributed by atoms with Crippen LogP contribution in [0.4, 0.5) is 5.69 Å². The Morgan fingerprint density at radius 1 is 1.61 bits per heavy atom. The molecule has 0 saturated carbocycles. The second kappa shape index (κ2) is 5.97. The molecule has 1 atom stereocenters. The van der Waals surface area contributed by atoms with Gasteiger partial charge in [-0.15, -0.1) is 0 Å². The van der Waals surface area contributed by atoms with Crippen molar-refractivity contribution in [3.63, 3.8) is 0 Å². The van der Waals surface area contributed by atoms with Gasteiger partial charge >= 0.3 is 5.97 Å². The van der Waals surface area contributed by atoms with Crippen LogP contribution in [-0.4, -0.2) is 28.6 Å². The molecule has 0 spiro atoms. The molecule has 1 rings (SSSR count). The highest BCUT2D eigenvalue weighted by Gasteiger charge is 2.19. The fourth-order valence-electron chi connectivity index (χ4n) is 1.42. The summed E-state index contributed by atoms with van der Waals surface area (Å²) in [6.45, 7) is 1.85. The first-order chi connectivity index (χ1) is 8.45. The molecule has 18 heavy (non-hydrogen) atoms. The minimum absolute atomic E-state index is 0.0215. The number of esters is 1. The van der Waals surface area contributed by atoms with Gasteiger partial charge in [0.05, 0.1) is 11.5 Å². The van der Waals surface area contributed by atoms with Gasteiger partial charge in [-0.1, -0.05) is 0 Å². The number of carbonyl (C=O) groups excluding carboxylic acids is 1. The Morgan fingerprint density at radius 2 is 2.28 bits per heavy atom. The highest BCUT2D eigenvalue weighted by Crippen LogP contribution is 2.23. The second-order valence-electron chi connectivity index (χ2n) is 3.63. The third-order valence-corrected chi connectivity index (χ3v) is 2.30. The van der Waals surface area contributed by atoms with Crippen molar-refractivity contribution in [1.29, 1.82) is 0 Å². The molecule has 0 aliphatic rings. The minimum Gasteiger partial charge on any atom is -0.508 e. The number of phenols is 1. The van der Waals surface area contributed by atoms with E-state index in [0.29, 0.717) is 0 Å². The van der Waals surface area contributed by atoms with Crippen molar-refractivity contribution in [2.24, 2.45) is 5.73 Å². The van der Waals surface area contributed by atoms with Crippen LogP contribution in [0.1, 0.15) is 12.5 Å². The molecule has 0 bridgehead atoms. The van der Waals surface area contributed by atoms with E-state index in [0.717, 1.165) is 0 Å². The number of carbonyl (C=O) groups is 1. The quantitative estimate of drug-likeness (QED) is 0.454. The summed E-state index contributed by atoms with van der Waals surface area (Å²) >= 11 is 0. The van der Waals surface area contributed by atoms with Gasteiger partial charge in [-0.05, 0) is 13.0 Å². The van der Waals surface area contributed by atoms with E-state index in [1.54, 1.807) is 6.92 Å². The van der Waals surface area contributed by atoms with Crippen LogP contribution >= 0.6 is 0 Å². The topological polar surface area (TPSA) is 116 Å². The molecule has 1 unspecified atom stereocenters. The van der Waals surface area contributed by atoms with Gasteiger partial charge in [-0.3, -0.25) is 14.9 Å². The number of rotatable bonds is 5. The first kappa shape index (κ1) is 13.9. The number of nitrogens with zero attached hydrogens (tertiary/aromatic N) is 1. The fraction of sp³-hybridized carbons (Fsp3) is 0.364. The van der Waals surface area contributed by atoms with E-state index < -0.39 is 16.9 Å². The highest BCUT2D eigenvalue weighted by molar-refractivity contribution is 5.76. The number of nitro benzene ring substituents is 1. The molecule has 0 aliphatic heterocycles. The van der Waals surface area contributed by atoms with Crippen LogP contribution < -0.4 is 5.73 Å². The van der Waals surface area contributed by atoms with Crippen molar-refractivity contribution in [3.05, 3.63) is 33.9 Å². The van der Waals surface area contributed by atoms with Crippen LogP contribution in [-0.2, 0) is 16.0 Å². The summed E-state index contributed by atoms with van der Waals surface area (Å²) in [7, 11) is 0. The van der Waals surface area contributed by atoms with Crippen molar-refractivity contribution in [1.82, 2.24) is 0 Å². The number of hydrogen-bond acceptors (Lipinski definition) is 6. The summed E-state index contributed by atoms with van der Waals surface area (Å²) in [4.78, 5) is 21.3. The maximum absolute atomic E-state index is 11.3. The van der Waals surface area contributed by atoms with Crippen LogP contribution in [0.25, 0.3) is 0 Å². The van der Waals surface area contributed by atoms with Crippen molar-refractivity contribution in [2.75, 3.05) is 6.61 Å². The van der Waals surface area contributed by atoms with E-state index in [1.807, 2.05) is 0 Å². The van der Waals surface area contributed by atoms with Gasteiger partial charge in [0, 0.05) is 24.1 Å². The lowest BCUT2D eigenvalue weighted by molar-refractivity contribution is -0.384. The lowest BCUT2D eigenvalue weighted by Gasteiger charge is -2.11. The molecule has 7 nitrogen and oxygen atoms in total. The number of hydrogen-bond donors (Lipinski definition) is 2. The number of ether oxygens (including phenoxy) is 1. The van der Waals surface area contributed by atoms with E-state index in [4.69, 9.17) is 10.5 Å². The average molecular weight is 254 g/mol. The lowest BCUT2D eigenvalue weighted by atomic mass is 10.0. The summed E-state index contributed by atoms with van der Waals surface area (Å²) in [5.74, 6) is -0.747. The van der Waals surface area contributed by atoms with Crippen molar-refractivity contribution < 1.29 is 19.6 Å². The Bertz CT molecular complexity index is 461. The molecule has 1 aromatic rings. The van der Waals surface area contributed by atoms with Crippen LogP contribution in [0.3, 0.4) is 0 Å². The second-order valence-corrected chi connectivity index (χ2v) is 3.63. The van der Waals surface area contributed by atoms with Gasteiger partial charge < -0.3 is 15.6 Å². The monoisotopic (exact) mass is 254 g/mol. The number of phenolic OH excluding ortho intramolecular Hbond substituents is 1. The number of non-ortho nitro benzene ring substituents is 1. The summed E-state index contributed by atoms with van der Waals surface area (Å²) in [6, 6.07) is 2.60. The average Bonchev–Trinajstić information content (AvgIpc) is 2.31. The third kappa shape index (κ3) is 3.42. The summed E-state index contributed by atoms with van der Waals surface area (Å²) in [5, 5.41) is 20.1. The van der Waals surface area contributed by atoms with E-state index in [9.17, 15) is 20.0 Å². The lowest BCUT2D eigenvalue weighted by Crippen LogP contribution is -2.34. The Hall–Kier alpha value is -2.15. The zero-order valence-corrected chi connectivity index (χ0v) is 9.83. The van der Waals surface area contributed by atoms with Gasteiger partial charge in [0.25, 0.3) is 5.69 Å². The normalized spacial score (nSPS) is 11.9. The Balaban J connectivity index is 2.86. The van der Waals surface area contributed by atoms with Crippen molar-refractivity contribution in [3.8, 4) is 5.75 Å². The van der Waals surface area contributed by atoms with E-state index >= 15 is 0 Å². The molecule has 98 valence electrons. The summed E-state index contributed by atoms with van der Waals surface area (Å²) in [6.07, 6.45) is -0.0215. The summed E-state index contributed by atoms with van der Waals surface area (Å²) in [5.41, 5.74) is 5.65. The molecule has 0 saturated heterocycles. The molecule has 0 fully saturated rings. The van der Waals surface area contributed by atoms with Gasteiger partial charge in [0.2, 0.25) is 0 Å². The van der Waals surface area contributed by atoms with E-state index in [1.165, 1.54) is 18.2 Å². The largest absolute Gasteiger partial charge is 0.508 e. The Morgan fingerprint density at radius 3 is 2.83 bits per heavy atom. The number of nitrogens with two attached hydrogens (primary N) is 1. The maximum atomic E-state index is 11.3. The van der Waals surface area contributed by atoms with Crippen molar-refractivity contribution in [2.45, 2.75) is 19.4 Å². The fourth-order valence-corrected chi connectivity index (χ4v) is 1.42. The Labute approximate surface area is 103 Å². The zero-order chi connectivity index (χ0) is 13.7. The van der Waals surface area contributed by atoms with Crippen LogP contribution in [0.2, 0.25) is 0 Å². The van der Waals surface area contributed by atoms with Gasteiger partial charge in [0.1, 0.15) is 11.8 Å². The molecule has 1 aromatic carbocycles. The van der Waals surface area contributed by atoms with Crippen LogP contribution in [0.5, 0.6) is 5.75 Å². The van der Waals surface area contributed by atoms with Gasteiger partial charge in [-0.2, -0.15) is 0 Å². The minimum atomic E-state index is -0.960. The van der Waals surface area contributed by atoms with Crippen LogP contribution in [0.15, 0.2) is 18.2 Å². The zero-order valence-electron chi connectivity index (χ0n) is 9.83. The molecule has 7 heteroatoms. The standard InChI is InChI=1S/C11H14N2O5/c1-2-18-11(15)9(12)6-7-5-8(13(16)17)3-4-10(7)14/h3-5,9,14H,2,6,12H2,1H3. The number of benzene rings is 1. The maximum Gasteiger partial charge on any atom is 0.323 e. The molecular formula is C11H14N2O5. The molecule has 0 aliphatic carbocycles. The molecule has 0 heterocycles. The number of aromatic hydroxyl groups is 1. The summed E-state index contributed by atoms with van der Waals surface area (Å²) < 4.78 is 4.71. The third-order valence-electron chi connectivity index (χ3n) is 2.30. The van der Waals surface area contributed by atoms with E-state index in [-0.39, 0.29) is 30.0 Å². The molecule has 3 N–H and O–H groups in total. The SMILES string of the molecule is CCOC(=O)C(N)Cc1cc([N+](=O)[O-])ccc1O. The predicted octanol–water partition coefficient (Wildman–Crippen LogP) is 0.733. The molecule has 0 radical (unpaired) electrons. The molecule has 0 amide bonds. The van der Waals surface area contributed by atoms with Crippen LogP contribution in [0, 0.1) is 10.1 Å². The van der Waals surface area contributed by atoms with Gasteiger partial charge in [0.15, 0.2) is 0 Å². The smallest absolute Gasteiger partial charge is 0.323 e. The predicted molar refractivity (Wildman–Crippen MR) is 63.1 cm³/mol. The molecular weight excluding hydrogens is 240 g/mol. The molecule has 0 aromatic heterocycles. The first-order valence-corrected chi connectivity index (χ1v) is 5.34. The van der Waals surface area contributed by atoms with E-state index in [2.05, 4.69) is 0 Å². The van der Waals surface area contributed by atoms with Gasteiger partial charge in [-0.25, -0.2) is 0 Å². The first-order valence-electron chi connectivity index (χ1n) is 5.34. The highest BCUT2D eigenvalue weighted by atomic mass is 16.6. The number of nitro groups is 1. The Kier molecular flexibility index (Phi) is 4.61. The van der Waals surface area contributed by atoms with Crippen molar-refractivity contribution >= 4 is 11.7 Å².